The van der Waals surface area contributed by atoms with Crippen LogP contribution in [0.25, 0.3) is 10.8 Å². The molecule has 1 saturated heterocycles. The number of aryl methyl sites for hydroxylation is 1. The summed E-state index contributed by atoms with van der Waals surface area (Å²) in [6, 6.07) is 4.57. The number of carbonyl (C=O) groups excluding carboxylic acids is 3. The van der Waals surface area contributed by atoms with Crippen molar-refractivity contribution in [3.8, 4) is 11.6 Å². The molecule has 3 fully saturated rings. The first-order chi connectivity index (χ1) is 22.2. The molecule has 250 valence electrons. The highest BCUT2D eigenvalue weighted by Gasteiger charge is 2.52. The van der Waals surface area contributed by atoms with E-state index in [9.17, 15) is 14.4 Å². The fourth-order valence-corrected chi connectivity index (χ4v) is 7.93. The zero-order chi connectivity index (χ0) is 32.4. The molecule has 46 heavy (non-hydrogen) atoms. The summed E-state index contributed by atoms with van der Waals surface area (Å²) in [6.07, 6.45) is 10.3. The summed E-state index contributed by atoms with van der Waals surface area (Å²) in [5, 5.41) is 8.06. The molecule has 2 unspecified atom stereocenters. The lowest BCUT2D eigenvalue weighted by Crippen LogP contribution is -2.57. The number of hydrogen-bond acceptors (Lipinski definition) is 7. The molecule has 2 aliphatic heterocycles. The molecule has 6 rings (SSSR count). The summed E-state index contributed by atoms with van der Waals surface area (Å²) in [5.74, 6) is 1.44. The number of benzene rings is 1. The average Bonchev–Trinajstić information content (AvgIpc) is 3.51. The predicted molar refractivity (Wildman–Crippen MR) is 175 cm³/mol. The van der Waals surface area contributed by atoms with E-state index in [4.69, 9.17) is 14.2 Å². The summed E-state index contributed by atoms with van der Waals surface area (Å²) in [6.45, 7) is 6.78. The number of aromatic nitrogens is 1. The maximum Gasteiger partial charge on any atom is 0.407 e. The van der Waals surface area contributed by atoms with Crippen molar-refractivity contribution in [2.24, 2.45) is 17.8 Å². The van der Waals surface area contributed by atoms with Crippen LogP contribution in [0.15, 0.2) is 24.4 Å². The molecule has 10 heteroatoms. The lowest BCUT2D eigenvalue weighted by molar-refractivity contribution is -0.141. The Labute approximate surface area is 272 Å². The lowest BCUT2D eigenvalue weighted by Gasteiger charge is -2.34. The summed E-state index contributed by atoms with van der Waals surface area (Å²) >= 11 is 0. The number of rotatable bonds is 5. The number of ether oxygens (including phenoxy) is 3. The monoisotopic (exact) mass is 634 g/mol. The molecule has 0 radical (unpaired) electrons. The van der Waals surface area contributed by atoms with Gasteiger partial charge in [-0.25, -0.2) is 9.78 Å². The number of nitrogens with zero attached hydrogens (tertiary/aromatic N) is 2. The fraction of sp³-hybridized carbons (Fsp3) is 0.667. The van der Waals surface area contributed by atoms with E-state index >= 15 is 0 Å². The molecule has 2 aromatic rings. The second-order valence-electron chi connectivity index (χ2n) is 14.3. The molecule has 10 nitrogen and oxygen atoms in total. The minimum Gasteiger partial charge on any atom is -0.496 e. The lowest BCUT2D eigenvalue weighted by atomic mass is 9.83. The van der Waals surface area contributed by atoms with Gasteiger partial charge in [-0.1, -0.05) is 39.5 Å². The highest BCUT2D eigenvalue weighted by molar-refractivity contribution is 5.93. The number of amides is 3. The first kappa shape index (κ1) is 32.4. The summed E-state index contributed by atoms with van der Waals surface area (Å²) in [7, 11) is 1.68. The Balaban J connectivity index is 1.35. The Hall–Kier alpha value is -3.56. The van der Waals surface area contributed by atoms with E-state index in [1.807, 2.05) is 12.1 Å². The van der Waals surface area contributed by atoms with Crippen LogP contribution in [0.2, 0.25) is 0 Å². The van der Waals surface area contributed by atoms with Crippen LogP contribution < -0.4 is 20.1 Å². The Morgan fingerprint density at radius 1 is 1.17 bits per heavy atom. The van der Waals surface area contributed by atoms with Gasteiger partial charge in [0.25, 0.3) is 0 Å². The van der Waals surface area contributed by atoms with E-state index in [0.29, 0.717) is 18.2 Å². The van der Waals surface area contributed by atoms with E-state index in [0.717, 1.165) is 86.3 Å². The van der Waals surface area contributed by atoms with Gasteiger partial charge in [0.15, 0.2) is 0 Å². The van der Waals surface area contributed by atoms with Crippen LogP contribution >= 0.6 is 0 Å². The van der Waals surface area contributed by atoms with Gasteiger partial charge in [-0.05, 0) is 92.4 Å². The van der Waals surface area contributed by atoms with E-state index in [1.54, 1.807) is 18.2 Å². The molecule has 2 N–H and O–H groups in total. The van der Waals surface area contributed by atoms with Gasteiger partial charge in [0.1, 0.15) is 23.9 Å². The Bertz CT molecular complexity index is 1440. The third-order valence-corrected chi connectivity index (χ3v) is 10.9. The molecular formula is C36H50N4O6. The van der Waals surface area contributed by atoms with E-state index in [-0.39, 0.29) is 42.3 Å². The highest BCUT2D eigenvalue weighted by atomic mass is 16.5. The predicted octanol–water partition coefficient (Wildman–Crippen LogP) is 5.54. The van der Waals surface area contributed by atoms with Crippen LogP contribution in [0.5, 0.6) is 11.6 Å². The number of methoxy groups -OCH3 is 1. The number of nitrogens with one attached hydrogen (secondary N) is 2. The van der Waals surface area contributed by atoms with Crippen molar-refractivity contribution in [3.63, 3.8) is 0 Å². The molecule has 1 aromatic heterocycles. The van der Waals surface area contributed by atoms with Gasteiger partial charge in [-0.15, -0.1) is 0 Å². The SMILES string of the molecule is CCC1CC1(C)NC(=O)[C@@H]1C[C@@H]2CN1C(=O)[C@H](C1CCCCC1)NC(=O)OC[C@H](C)CCCc1cc3c(nccc3cc1OC)O2. The topological polar surface area (TPSA) is 119 Å². The van der Waals surface area contributed by atoms with Crippen LogP contribution in [-0.4, -0.2) is 71.8 Å². The van der Waals surface area contributed by atoms with Crippen LogP contribution in [-0.2, 0) is 20.7 Å². The van der Waals surface area contributed by atoms with Gasteiger partial charge in [0, 0.05) is 23.5 Å². The third kappa shape index (κ3) is 6.91. The van der Waals surface area contributed by atoms with Crippen LogP contribution in [0.1, 0.15) is 90.5 Å². The third-order valence-electron chi connectivity index (χ3n) is 10.9. The van der Waals surface area contributed by atoms with Crippen molar-refractivity contribution >= 4 is 28.7 Å². The first-order valence-corrected chi connectivity index (χ1v) is 17.4. The van der Waals surface area contributed by atoms with E-state index in [1.165, 1.54) is 0 Å². The largest absolute Gasteiger partial charge is 0.496 e. The second-order valence-corrected chi connectivity index (χ2v) is 14.3. The maximum absolute atomic E-state index is 14.5. The van der Waals surface area contributed by atoms with Crippen molar-refractivity contribution in [1.82, 2.24) is 20.5 Å². The van der Waals surface area contributed by atoms with Crippen molar-refractivity contribution in [3.05, 3.63) is 30.0 Å². The van der Waals surface area contributed by atoms with Gasteiger partial charge < -0.3 is 29.7 Å². The Morgan fingerprint density at radius 3 is 2.72 bits per heavy atom. The first-order valence-electron chi connectivity index (χ1n) is 17.4. The number of carbonyl (C=O) groups is 3. The van der Waals surface area contributed by atoms with Crippen LogP contribution in [0.3, 0.4) is 0 Å². The van der Waals surface area contributed by atoms with Gasteiger partial charge in [-0.2, -0.15) is 0 Å². The van der Waals surface area contributed by atoms with Gasteiger partial charge in [0.05, 0.1) is 20.3 Å². The minimum atomic E-state index is -0.762. The van der Waals surface area contributed by atoms with Gasteiger partial charge in [-0.3, -0.25) is 9.59 Å². The number of fused-ring (bicyclic) bond motifs is 3. The molecule has 2 saturated carbocycles. The molecule has 3 amide bonds. The van der Waals surface area contributed by atoms with Crippen molar-refractivity contribution in [2.45, 2.75) is 115 Å². The molecular weight excluding hydrogens is 584 g/mol. The van der Waals surface area contributed by atoms with E-state index in [2.05, 4.69) is 42.5 Å². The van der Waals surface area contributed by atoms with Crippen molar-refractivity contribution in [2.75, 3.05) is 20.3 Å². The van der Waals surface area contributed by atoms with E-state index < -0.39 is 24.3 Å². The van der Waals surface area contributed by atoms with Gasteiger partial charge >= 0.3 is 6.09 Å². The average molecular weight is 635 g/mol. The maximum atomic E-state index is 14.5. The summed E-state index contributed by atoms with van der Waals surface area (Å²) in [4.78, 5) is 47.9. The Kier molecular flexibility index (Phi) is 9.62. The summed E-state index contributed by atoms with van der Waals surface area (Å²) in [5.41, 5.74) is 0.790. The number of alkyl carbamates (subject to hydrolysis) is 1. The Morgan fingerprint density at radius 2 is 1.98 bits per heavy atom. The molecule has 3 heterocycles. The number of pyridine rings is 1. The van der Waals surface area contributed by atoms with Crippen molar-refractivity contribution < 1.29 is 28.6 Å². The zero-order valence-electron chi connectivity index (χ0n) is 27.8. The molecule has 2 aliphatic carbocycles. The normalized spacial score (nSPS) is 31.0. The smallest absolute Gasteiger partial charge is 0.407 e. The molecule has 4 bridgehead atoms. The summed E-state index contributed by atoms with van der Waals surface area (Å²) < 4.78 is 18.0. The van der Waals surface area contributed by atoms with Gasteiger partial charge in [0.2, 0.25) is 17.7 Å². The van der Waals surface area contributed by atoms with Crippen LogP contribution in [0.4, 0.5) is 4.79 Å². The van der Waals surface area contributed by atoms with Crippen molar-refractivity contribution in [1.29, 1.82) is 0 Å². The number of hydrogen-bond donors (Lipinski definition) is 2. The second kappa shape index (κ2) is 13.7. The zero-order valence-corrected chi connectivity index (χ0v) is 27.8. The highest BCUT2D eigenvalue weighted by Crippen LogP contribution is 2.45. The molecule has 1 aromatic carbocycles. The fourth-order valence-electron chi connectivity index (χ4n) is 7.93. The quantitative estimate of drug-likeness (QED) is 0.443. The standard InChI is InChI=1S/C36H50N4O6/c1-5-26-19-36(26,3)39-32(41)29-18-27-20-40(29)34(42)31(23-11-7-6-8-12-23)38-35(43)45-21-22(2)10-9-13-25-16-28-24(17-30(25)44-4)14-15-37-33(28)46-27/h14-17,22-23,26-27,29,31H,5-13,18-21H2,1-4H3,(H,38,43)(H,39,41)/t22-,26?,27-,29+,31+,36?/m1/s1. The molecule has 0 spiro atoms. The molecule has 6 atom stereocenters. The minimum absolute atomic E-state index is 0.0148. The molecule has 4 aliphatic rings. The number of cyclic esters (lactones) is 1. The van der Waals surface area contributed by atoms with Crippen LogP contribution in [0, 0.1) is 17.8 Å².